The molecule has 28 heavy (non-hydrogen) atoms. The van der Waals surface area contributed by atoms with E-state index in [9.17, 15) is 19.7 Å². The van der Waals surface area contributed by atoms with Crippen molar-refractivity contribution in [3.63, 3.8) is 0 Å². The van der Waals surface area contributed by atoms with Crippen LogP contribution in [0.3, 0.4) is 0 Å². The highest BCUT2D eigenvalue weighted by Crippen LogP contribution is 2.36. The highest BCUT2D eigenvalue weighted by Gasteiger charge is 2.35. The molecule has 0 amide bonds. The summed E-state index contributed by atoms with van der Waals surface area (Å²) in [6.07, 6.45) is 3.07. The Balaban J connectivity index is 1.88. The van der Waals surface area contributed by atoms with Gasteiger partial charge in [-0.2, -0.15) is 0 Å². The summed E-state index contributed by atoms with van der Waals surface area (Å²) in [5.74, 6) is 0.285. The standard InChI is InChI=1S/C20H19NO7/c1-11(15-10-16(22)20(3,4)28-15)7-8-26-14-6-5-13-12(2)9-17(23)27-19(13)18(14)21(24)25/h5-7,9-10H,8H2,1-4H3/b11-7+. The van der Waals surface area contributed by atoms with Crippen molar-refractivity contribution in [2.45, 2.75) is 33.3 Å². The van der Waals surface area contributed by atoms with Crippen molar-refractivity contribution in [3.05, 3.63) is 67.8 Å². The summed E-state index contributed by atoms with van der Waals surface area (Å²) < 4.78 is 16.2. The van der Waals surface area contributed by atoms with E-state index in [0.717, 1.165) is 0 Å². The quantitative estimate of drug-likeness (QED) is 0.439. The van der Waals surface area contributed by atoms with E-state index < -0.39 is 21.8 Å². The van der Waals surface area contributed by atoms with Crippen LogP contribution in [-0.2, 0) is 9.53 Å². The lowest BCUT2D eigenvalue weighted by atomic mass is 10.1. The molecule has 1 aliphatic rings. The number of nitro benzene ring substituents is 1. The summed E-state index contributed by atoms with van der Waals surface area (Å²) in [6, 6.07) is 4.35. The number of hydrogen-bond donors (Lipinski definition) is 0. The van der Waals surface area contributed by atoms with E-state index in [1.165, 1.54) is 18.2 Å². The Bertz CT molecular complexity index is 1110. The minimum absolute atomic E-state index is 0.00352. The van der Waals surface area contributed by atoms with Crippen molar-refractivity contribution in [2.24, 2.45) is 0 Å². The van der Waals surface area contributed by atoms with E-state index in [-0.39, 0.29) is 23.7 Å². The fourth-order valence-corrected chi connectivity index (χ4v) is 2.84. The highest BCUT2D eigenvalue weighted by atomic mass is 16.6. The SMILES string of the molecule is C/C(=C\COc1ccc2c(C)cc(=O)oc2c1[N+](=O)[O-])C1=CC(=O)C(C)(C)O1. The average Bonchev–Trinajstić information content (AvgIpc) is 2.87. The van der Waals surface area contributed by atoms with Gasteiger partial charge in [0.15, 0.2) is 5.60 Å². The fourth-order valence-electron chi connectivity index (χ4n) is 2.84. The van der Waals surface area contributed by atoms with E-state index in [1.807, 2.05) is 0 Å². The molecule has 146 valence electrons. The number of nitrogens with zero attached hydrogens (tertiary/aromatic N) is 1. The zero-order valence-electron chi connectivity index (χ0n) is 15.9. The van der Waals surface area contributed by atoms with Crippen LogP contribution in [0.5, 0.6) is 5.75 Å². The van der Waals surface area contributed by atoms with Crippen LogP contribution in [-0.4, -0.2) is 22.9 Å². The fraction of sp³-hybridized carbons (Fsp3) is 0.300. The number of carbonyl (C=O) groups excluding carboxylic acids is 1. The molecular weight excluding hydrogens is 366 g/mol. The van der Waals surface area contributed by atoms with Gasteiger partial charge in [0.25, 0.3) is 0 Å². The van der Waals surface area contributed by atoms with E-state index in [1.54, 1.807) is 39.8 Å². The molecule has 0 unspecified atom stereocenters. The third-order valence-electron chi connectivity index (χ3n) is 4.48. The van der Waals surface area contributed by atoms with Gasteiger partial charge in [-0.05, 0) is 57.0 Å². The molecule has 8 nitrogen and oxygen atoms in total. The van der Waals surface area contributed by atoms with Gasteiger partial charge in [0.05, 0.1) is 4.92 Å². The molecular formula is C20H19NO7. The molecule has 2 aromatic rings. The largest absolute Gasteiger partial charge is 0.482 e. The lowest BCUT2D eigenvalue weighted by molar-refractivity contribution is -0.384. The predicted molar refractivity (Wildman–Crippen MR) is 101 cm³/mol. The Labute approximate surface area is 160 Å². The molecule has 0 N–H and O–H groups in total. The molecule has 0 radical (unpaired) electrons. The number of rotatable bonds is 5. The maximum absolute atomic E-state index is 11.8. The van der Waals surface area contributed by atoms with E-state index in [0.29, 0.717) is 22.3 Å². The number of ether oxygens (including phenoxy) is 2. The number of hydrogen-bond acceptors (Lipinski definition) is 7. The first-order valence-corrected chi connectivity index (χ1v) is 8.57. The van der Waals surface area contributed by atoms with Crippen LogP contribution in [0.4, 0.5) is 5.69 Å². The van der Waals surface area contributed by atoms with Crippen molar-refractivity contribution in [1.82, 2.24) is 0 Å². The average molecular weight is 385 g/mol. The van der Waals surface area contributed by atoms with Gasteiger partial charge in [-0.1, -0.05) is 0 Å². The minimum Gasteiger partial charge on any atom is -0.482 e. The van der Waals surface area contributed by atoms with Crippen molar-refractivity contribution >= 4 is 22.4 Å². The normalized spacial score (nSPS) is 16.1. The summed E-state index contributed by atoms with van der Waals surface area (Å²) in [5.41, 5.74) is -0.852. The number of benzene rings is 1. The van der Waals surface area contributed by atoms with E-state index in [2.05, 4.69) is 0 Å². The monoisotopic (exact) mass is 385 g/mol. The summed E-state index contributed by atoms with van der Waals surface area (Å²) in [4.78, 5) is 34.4. The summed E-state index contributed by atoms with van der Waals surface area (Å²) in [6.45, 7) is 6.78. The van der Waals surface area contributed by atoms with Gasteiger partial charge >= 0.3 is 11.3 Å². The maximum Gasteiger partial charge on any atom is 0.353 e. The molecule has 1 aliphatic heterocycles. The number of aryl methyl sites for hydroxylation is 1. The topological polar surface area (TPSA) is 109 Å². The highest BCUT2D eigenvalue weighted by molar-refractivity contribution is 5.99. The first-order valence-electron chi connectivity index (χ1n) is 8.57. The Kier molecular flexibility index (Phi) is 4.80. The van der Waals surface area contributed by atoms with Crippen LogP contribution in [0.1, 0.15) is 26.3 Å². The lowest BCUT2D eigenvalue weighted by Crippen LogP contribution is -2.27. The van der Waals surface area contributed by atoms with Crippen LogP contribution < -0.4 is 10.4 Å². The van der Waals surface area contributed by atoms with Crippen molar-refractivity contribution in [1.29, 1.82) is 0 Å². The molecule has 1 aromatic carbocycles. The number of fused-ring (bicyclic) bond motifs is 1. The van der Waals surface area contributed by atoms with Crippen LogP contribution in [0.15, 0.2) is 50.9 Å². The Morgan fingerprint density at radius 3 is 2.64 bits per heavy atom. The number of allylic oxidation sites excluding steroid dienone is 1. The number of carbonyl (C=O) groups is 1. The molecule has 0 fully saturated rings. The second-order valence-electron chi connectivity index (χ2n) is 6.98. The van der Waals surface area contributed by atoms with Gasteiger partial charge in [0.2, 0.25) is 17.1 Å². The maximum atomic E-state index is 11.8. The second-order valence-corrected chi connectivity index (χ2v) is 6.98. The van der Waals surface area contributed by atoms with Crippen LogP contribution in [0.2, 0.25) is 0 Å². The molecule has 0 atom stereocenters. The Morgan fingerprint density at radius 1 is 1.32 bits per heavy atom. The van der Waals surface area contributed by atoms with Crippen LogP contribution in [0, 0.1) is 17.0 Å². The van der Waals surface area contributed by atoms with Gasteiger partial charge in [0.1, 0.15) is 12.4 Å². The molecule has 0 saturated carbocycles. The minimum atomic E-state index is -0.905. The Morgan fingerprint density at radius 2 is 2.04 bits per heavy atom. The molecule has 8 heteroatoms. The second kappa shape index (κ2) is 6.95. The number of ketones is 1. The van der Waals surface area contributed by atoms with Crippen LogP contribution >= 0.6 is 0 Å². The van der Waals surface area contributed by atoms with Crippen molar-refractivity contribution < 1.29 is 23.6 Å². The molecule has 0 spiro atoms. The summed E-state index contributed by atoms with van der Waals surface area (Å²) in [7, 11) is 0. The first kappa shape index (κ1) is 19.3. The van der Waals surface area contributed by atoms with Crippen molar-refractivity contribution in [2.75, 3.05) is 6.61 Å². The molecule has 2 heterocycles. The first-order chi connectivity index (χ1) is 13.1. The zero-order chi connectivity index (χ0) is 20.6. The predicted octanol–water partition coefficient (Wildman–Crippen LogP) is 3.60. The molecule has 1 aromatic heterocycles. The van der Waals surface area contributed by atoms with E-state index in [4.69, 9.17) is 13.9 Å². The third kappa shape index (κ3) is 3.53. The molecule has 0 aliphatic carbocycles. The van der Waals surface area contributed by atoms with Crippen LogP contribution in [0.25, 0.3) is 11.0 Å². The van der Waals surface area contributed by atoms with Gasteiger partial charge < -0.3 is 13.9 Å². The molecule has 0 bridgehead atoms. The Hall–Kier alpha value is -3.42. The zero-order valence-corrected chi connectivity index (χ0v) is 15.9. The summed E-state index contributed by atoms with van der Waals surface area (Å²) in [5, 5.41) is 12.0. The summed E-state index contributed by atoms with van der Waals surface area (Å²) >= 11 is 0. The van der Waals surface area contributed by atoms with Gasteiger partial charge in [-0.25, -0.2) is 4.79 Å². The van der Waals surface area contributed by atoms with Gasteiger partial charge in [0, 0.05) is 17.5 Å². The molecule has 3 rings (SSSR count). The van der Waals surface area contributed by atoms with Gasteiger partial charge in [-0.15, -0.1) is 0 Å². The third-order valence-corrected chi connectivity index (χ3v) is 4.48. The van der Waals surface area contributed by atoms with E-state index >= 15 is 0 Å². The smallest absolute Gasteiger partial charge is 0.353 e. The molecule has 0 saturated heterocycles. The lowest BCUT2D eigenvalue weighted by Gasteiger charge is -2.18. The van der Waals surface area contributed by atoms with Gasteiger partial charge in [-0.3, -0.25) is 14.9 Å². The van der Waals surface area contributed by atoms with Crippen molar-refractivity contribution in [3.8, 4) is 5.75 Å². The number of nitro groups is 1.